The summed E-state index contributed by atoms with van der Waals surface area (Å²) in [6.07, 6.45) is 1.22. The SMILES string of the molecule is [2H]C1([2H])Oc2cc3c(cc2O1)C(=O)CC3. The Morgan fingerprint density at radius 3 is 2.85 bits per heavy atom. The first-order chi connectivity index (χ1) is 7.05. The molecule has 1 aliphatic carbocycles. The van der Waals surface area contributed by atoms with Crippen molar-refractivity contribution in [1.82, 2.24) is 0 Å². The fraction of sp³-hybridized carbons (Fsp3) is 0.300. The molecule has 1 heterocycles. The van der Waals surface area contributed by atoms with Crippen molar-refractivity contribution in [1.29, 1.82) is 0 Å². The Morgan fingerprint density at radius 2 is 2.00 bits per heavy atom. The lowest BCUT2D eigenvalue weighted by molar-refractivity contribution is 0.0994. The van der Waals surface area contributed by atoms with Crippen molar-refractivity contribution in [3.8, 4) is 11.5 Å². The van der Waals surface area contributed by atoms with E-state index in [0.717, 1.165) is 5.56 Å². The number of hydrogen-bond donors (Lipinski definition) is 0. The van der Waals surface area contributed by atoms with Crippen LogP contribution in [0.3, 0.4) is 0 Å². The molecule has 0 fully saturated rings. The first-order valence-corrected chi connectivity index (χ1v) is 4.13. The van der Waals surface area contributed by atoms with Gasteiger partial charge in [0.05, 0.1) is 0 Å². The number of benzene rings is 1. The van der Waals surface area contributed by atoms with Gasteiger partial charge in [-0.1, -0.05) is 0 Å². The van der Waals surface area contributed by atoms with Gasteiger partial charge in [-0.15, -0.1) is 0 Å². The first-order valence-electron chi connectivity index (χ1n) is 5.13. The molecule has 1 aromatic rings. The van der Waals surface area contributed by atoms with Crippen molar-refractivity contribution in [2.24, 2.45) is 0 Å². The Morgan fingerprint density at radius 1 is 1.23 bits per heavy atom. The van der Waals surface area contributed by atoms with Crippen LogP contribution < -0.4 is 9.47 Å². The first kappa shape index (κ1) is 5.27. The Balaban J connectivity index is 2.12. The number of hydrogen-bond acceptors (Lipinski definition) is 3. The molecule has 13 heavy (non-hydrogen) atoms. The highest BCUT2D eigenvalue weighted by Gasteiger charge is 2.24. The third-order valence-electron chi connectivity index (χ3n) is 2.39. The van der Waals surface area contributed by atoms with E-state index in [9.17, 15) is 4.79 Å². The van der Waals surface area contributed by atoms with Crippen molar-refractivity contribution in [2.75, 3.05) is 6.75 Å². The van der Waals surface area contributed by atoms with Gasteiger partial charge in [-0.05, 0) is 24.1 Å². The fourth-order valence-electron chi connectivity index (χ4n) is 1.72. The summed E-state index contributed by atoms with van der Waals surface area (Å²) in [4.78, 5) is 11.4. The second-order valence-corrected chi connectivity index (χ2v) is 3.17. The summed E-state index contributed by atoms with van der Waals surface area (Å²) >= 11 is 0. The van der Waals surface area contributed by atoms with E-state index >= 15 is 0 Å². The van der Waals surface area contributed by atoms with E-state index < -0.39 is 6.75 Å². The molecule has 66 valence electrons. The summed E-state index contributed by atoms with van der Waals surface area (Å²) in [5.74, 6) is 0.784. The van der Waals surface area contributed by atoms with E-state index in [4.69, 9.17) is 12.2 Å². The third-order valence-corrected chi connectivity index (χ3v) is 2.39. The number of carbonyl (C=O) groups excluding carboxylic acids is 1. The summed E-state index contributed by atoms with van der Waals surface area (Å²) in [6, 6.07) is 3.27. The van der Waals surface area contributed by atoms with E-state index in [0.29, 0.717) is 29.9 Å². The number of carbonyl (C=O) groups is 1. The van der Waals surface area contributed by atoms with Crippen LogP contribution in [0.4, 0.5) is 0 Å². The molecular weight excluding hydrogens is 168 g/mol. The summed E-state index contributed by atoms with van der Waals surface area (Å²) in [5.41, 5.74) is 1.55. The van der Waals surface area contributed by atoms with Crippen molar-refractivity contribution in [2.45, 2.75) is 12.8 Å². The van der Waals surface area contributed by atoms with Crippen LogP contribution in [0.25, 0.3) is 0 Å². The average Bonchev–Trinajstić information content (AvgIpc) is 2.62. The van der Waals surface area contributed by atoms with E-state index in [2.05, 4.69) is 0 Å². The Labute approximate surface area is 78.1 Å². The predicted molar refractivity (Wildman–Crippen MR) is 45.2 cm³/mol. The number of ether oxygens (including phenoxy) is 2. The molecule has 3 rings (SSSR count). The maximum absolute atomic E-state index is 11.4. The standard InChI is InChI=1S/C10H8O3/c11-8-2-1-6-3-9-10(4-7(6)8)13-5-12-9/h3-4H,1-2,5H2/i5D2. The number of fused-ring (bicyclic) bond motifs is 2. The van der Waals surface area contributed by atoms with Crippen LogP contribution in [-0.2, 0) is 6.42 Å². The minimum atomic E-state index is -2.11. The van der Waals surface area contributed by atoms with Crippen LogP contribution in [-0.4, -0.2) is 12.5 Å². The van der Waals surface area contributed by atoms with Crippen LogP contribution in [0.2, 0.25) is 0 Å². The van der Waals surface area contributed by atoms with Crippen molar-refractivity contribution < 1.29 is 17.0 Å². The van der Waals surface area contributed by atoms with Crippen LogP contribution in [0.1, 0.15) is 25.1 Å². The molecule has 3 nitrogen and oxygen atoms in total. The van der Waals surface area contributed by atoms with Crippen molar-refractivity contribution >= 4 is 5.78 Å². The van der Waals surface area contributed by atoms with Gasteiger partial charge in [0.25, 0.3) is 0 Å². The van der Waals surface area contributed by atoms with Gasteiger partial charge in [0.15, 0.2) is 17.3 Å². The molecule has 0 amide bonds. The molecule has 0 radical (unpaired) electrons. The molecule has 0 saturated heterocycles. The van der Waals surface area contributed by atoms with Crippen LogP contribution >= 0.6 is 0 Å². The Kier molecular flexibility index (Phi) is 0.912. The van der Waals surface area contributed by atoms with Gasteiger partial charge in [0.2, 0.25) is 6.75 Å². The number of rotatable bonds is 0. The van der Waals surface area contributed by atoms with Gasteiger partial charge in [0, 0.05) is 12.0 Å². The molecule has 0 saturated carbocycles. The molecule has 1 aliphatic heterocycles. The normalized spacial score (nSPS) is 23.8. The molecule has 0 aromatic heterocycles. The highest BCUT2D eigenvalue weighted by molar-refractivity contribution is 6.01. The lowest BCUT2D eigenvalue weighted by Crippen LogP contribution is -1.93. The molecule has 0 atom stereocenters. The zero-order valence-corrected chi connectivity index (χ0v) is 6.79. The van der Waals surface area contributed by atoms with E-state index in [1.165, 1.54) is 0 Å². The van der Waals surface area contributed by atoms with Crippen LogP contribution in [0, 0.1) is 0 Å². The maximum atomic E-state index is 11.4. The molecule has 0 unspecified atom stereocenters. The lowest BCUT2D eigenvalue weighted by atomic mass is 10.1. The highest BCUT2D eigenvalue weighted by atomic mass is 16.7. The molecule has 0 bridgehead atoms. The van der Waals surface area contributed by atoms with Gasteiger partial charge in [0.1, 0.15) is 2.74 Å². The summed E-state index contributed by atoms with van der Waals surface area (Å²) in [5, 5.41) is 0. The van der Waals surface area contributed by atoms with Crippen molar-refractivity contribution in [3.63, 3.8) is 0 Å². The topological polar surface area (TPSA) is 35.5 Å². The monoisotopic (exact) mass is 178 g/mol. The lowest BCUT2D eigenvalue weighted by Gasteiger charge is -1.99. The minimum Gasteiger partial charge on any atom is -0.454 e. The van der Waals surface area contributed by atoms with Crippen molar-refractivity contribution in [3.05, 3.63) is 23.3 Å². The molecule has 3 heteroatoms. The molecular formula is C10H8O3. The third kappa shape index (κ3) is 0.869. The largest absolute Gasteiger partial charge is 0.454 e. The minimum absolute atomic E-state index is 0.0869. The van der Waals surface area contributed by atoms with Gasteiger partial charge in [-0.3, -0.25) is 4.79 Å². The summed E-state index contributed by atoms with van der Waals surface area (Å²) < 4.78 is 24.4. The number of Topliss-reactive ketones (excluding diaryl/α,β-unsaturated/α-hetero) is 1. The van der Waals surface area contributed by atoms with Gasteiger partial charge in [-0.2, -0.15) is 0 Å². The predicted octanol–water partition coefficient (Wildman–Crippen LogP) is 1.54. The van der Waals surface area contributed by atoms with E-state index in [1.54, 1.807) is 12.1 Å². The van der Waals surface area contributed by atoms with E-state index in [-0.39, 0.29) is 5.78 Å². The summed E-state index contributed by atoms with van der Waals surface area (Å²) in [7, 11) is 0. The molecule has 2 aliphatic rings. The Hall–Kier alpha value is -1.51. The number of ketones is 1. The fourth-order valence-corrected chi connectivity index (χ4v) is 1.72. The van der Waals surface area contributed by atoms with E-state index in [1.807, 2.05) is 0 Å². The smallest absolute Gasteiger partial charge is 0.231 e. The summed E-state index contributed by atoms with van der Waals surface area (Å²) in [6.45, 7) is -2.11. The quantitative estimate of drug-likeness (QED) is 0.604. The molecule has 0 spiro atoms. The molecule has 0 N–H and O–H groups in total. The van der Waals surface area contributed by atoms with Gasteiger partial charge >= 0.3 is 0 Å². The Bertz CT molecular complexity index is 468. The van der Waals surface area contributed by atoms with Crippen LogP contribution in [0.15, 0.2) is 12.1 Å². The highest BCUT2D eigenvalue weighted by Crippen LogP contribution is 2.37. The van der Waals surface area contributed by atoms with Gasteiger partial charge in [-0.25, -0.2) is 0 Å². The average molecular weight is 178 g/mol. The molecule has 1 aromatic carbocycles. The maximum Gasteiger partial charge on any atom is 0.231 e. The number of aryl methyl sites for hydroxylation is 1. The van der Waals surface area contributed by atoms with Gasteiger partial charge < -0.3 is 9.47 Å². The zero-order chi connectivity index (χ0) is 10.6. The second-order valence-electron chi connectivity index (χ2n) is 3.17. The van der Waals surface area contributed by atoms with Crippen LogP contribution in [0.5, 0.6) is 11.5 Å². The second kappa shape index (κ2) is 2.25. The zero-order valence-electron chi connectivity index (χ0n) is 8.79.